The largest absolute Gasteiger partial charge is 0.480 e. The number of anilines is 1. The smallest absolute Gasteiger partial charge is 0.263 e. The minimum Gasteiger partial charge on any atom is -0.480 e. The van der Waals surface area contributed by atoms with Crippen LogP contribution in [0.5, 0.6) is 5.75 Å². The fourth-order valence-corrected chi connectivity index (χ4v) is 2.31. The van der Waals surface area contributed by atoms with Gasteiger partial charge in [-0.3, -0.25) is 4.79 Å². The lowest BCUT2D eigenvalue weighted by Crippen LogP contribution is -2.31. The van der Waals surface area contributed by atoms with Crippen LogP contribution in [0.15, 0.2) is 24.3 Å². The maximum atomic E-state index is 11.2. The number of carbonyl (C=O) groups is 1. The van der Waals surface area contributed by atoms with E-state index in [1.54, 1.807) is 0 Å². The molecule has 0 spiro atoms. The Kier molecular flexibility index (Phi) is 3.66. The minimum atomic E-state index is -0.317. The fourth-order valence-electron chi connectivity index (χ4n) is 2.31. The Labute approximate surface area is 116 Å². The molecule has 0 unspecified atom stereocenters. The number of hydrogen-bond acceptors (Lipinski definition) is 5. The maximum Gasteiger partial charge on any atom is 0.263 e. The minimum absolute atomic E-state index is 0.0431. The first-order chi connectivity index (χ1) is 9.70. The first-order valence-electron chi connectivity index (χ1n) is 6.73. The van der Waals surface area contributed by atoms with E-state index in [0.717, 1.165) is 18.5 Å². The number of rotatable bonds is 3. The molecule has 2 atom stereocenters. The Bertz CT molecular complexity index is 544. The third-order valence-electron chi connectivity index (χ3n) is 3.42. The molecule has 0 aromatic carbocycles. The van der Waals surface area contributed by atoms with E-state index < -0.39 is 0 Å². The first kappa shape index (κ1) is 13.1. The summed E-state index contributed by atoms with van der Waals surface area (Å²) in [6.07, 6.45) is 5.16. The van der Waals surface area contributed by atoms with Crippen molar-refractivity contribution in [3.05, 3.63) is 30.0 Å². The molecule has 0 saturated heterocycles. The van der Waals surface area contributed by atoms with Crippen LogP contribution in [0.4, 0.5) is 5.82 Å². The van der Waals surface area contributed by atoms with Gasteiger partial charge in [-0.25, -0.2) is 4.98 Å². The van der Waals surface area contributed by atoms with E-state index in [9.17, 15) is 9.90 Å². The predicted molar refractivity (Wildman–Crippen MR) is 73.4 cm³/mol. The molecule has 1 amide bonds. The highest BCUT2D eigenvalue weighted by Gasteiger charge is 2.18. The molecular formula is C14H17N3O3. The van der Waals surface area contributed by atoms with Crippen molar-refractivity contribution >= 4 is 11.7 Å². The molecule has 1 aliphatic carbocycles. The molecule has 1 aromatic heterocycles. The SMILES string of the molecule is O=C1COc2ccc(CN[C@H]3C=C[C@@H](O)CC3)nc2N1. The van der Waals surface area contributed by atoms with Crippen LogP contribution in [-0.4, -0.2) is 34.8 Å². The average molecular weight is 275 g/mol. The highest BCUT2D eigenvalue weighted by molar-refractivity contribution is 5.94. The van der Waals surface area contributed by atoms with Gasteiger partial charge in [0.05, 0.1) is 11.8 Å². The normalized spacial score (nSPS) is 24.8. The molecule has 0 radical (unpaired) electrons. The molecule has 1 aliphatic heterocycles. The Morgan fingerprint density at radius 1 is 1.40 bits per heavy atom. The highest BCUT2D eigenvalue weighted by atomic mass is 16.5. The zero-order valence-electron chi connectivity index (χ0n) is 11.0. The monoisotopic (exact) mass is 275 g/mol. The van der Waals surface area contributed by atoms with Crippen molar-refractivity contribution in [2.75, 3.05) is 11.9 Å². The molecule has 0 saturated carbocycles. The fraction of sp³-hybridized carbons (Fsp3) is 0.429. The number of carbonyl (C=O) groups excluding carboxylic acids is 1. The van der Waals surface area contributed by atoms with Crippen LogP contribution in [0, 0.1) is 0 Å². The van der Waals surface area contributed by atoms with E-state index >= 15 is 0 Å². The van der Waals surface area contributed by atoms with Gasteiger partial charge in [0.2, 0.25) is 0 Å². The second-order valence-corrected chi connectivity index (χ2v) is 5.00. The van der Waals surface area contributed by atoms with Crippen LogP contribution in [0.25, 0.3) is 0 Å². The molecule has 1 aromatic rings. The van der Waals surface area contributed by atoms with Crippen LogP contribution >= 0.6 is 0 Å². The van der Waals surface area contributed by atoms with Crippen molar-refractivity contribution in [2.24, 2.45) is 0 Å². The van der Waals surface area contributed by atoms with Crippen molar-refractivity contribution < 1.29 is 14.6 Å². The first-order valence-corrected chi connectivity index (χ1v) is 6.73. The molecule has 6 heteroatoms. The Morgan fingerprint density at radius 3 is 3.10 bits per heavy atom. The molecular weight excluding hydrogens is 258 g/mol. The van der Waals surface area contributed by atoms with Crippen LogP contribution < -0.4 is 15.4 Å². The second kappa shape index (κ2) is 5.60. The molecule has 6 nitrogen and oxygen atoms in total. The number of pyridine rings is 1. The lowest BCUT2D eigenvalue weighted by atomic mass is 10.0. The molecule has 2 aliphatic rings. The number of nitrogens with zero attached hydrogens (tertiary/aromatic N) is 1. The van der Waals surface area contributed by atoms with Gasteiger partial charge in [-0.1, -0.05) is 12.2 Å². The topological polar surface area (TPSA) is 83.5 Å². The quantitative estimate of drug-likeness (QED) is 0.703. The molecule has 0 bridgehead atoms. The number of aliphatic hydroxyl groups is 1. The van der Waals surface area contributed by atoms with Gasteiger partial charge in [0.25, 0.3) is 5.91 Å². The summed E-state index contributed by atoms with van der Waals surface area (Å²) in [6.45, 7) is 0.649. The van der Waals surface area contributed by atoms with Crippen molar-refractivity contribution in [1.82, 2.24) is 10.3 Å². The van der Waals surface area contributed by atoms with Crippen LogP contribution in [0.2, 0.25) is 0 Å². The summed E-state index contributed by atoms with van der Waals surface area (Å²) in [7, 11) is 0. The van der Waals surface area contributed by atoms with E-state index in [1.165, 1.54) is 0 Å². The molecule has 20 heavy (non-hydrogen) atoms. The third-order valence-corrected chi connectivity index (χ3v) is 3.42. The predicted octanol–water partition coefficient (Wildman–Crippen LogP) is 0.582. The molecule has 3 rings (SSSR count). The van der Waals surface area contributed by atoms with Crippen molar-refractivity contribution in [1.29, 1.82) is 0 Å². The van der Waals surface area contributed by atoms with Crippen molar-refractivity contribution in [2.45, 2.75) is 31.5 Å². The van der Waals surface area contributed by atoms with E-state index in [-0.39, 0.29) is 24.7 Å². The Morgan fingerprint density at radius 2 is 2.30 bits per heavy atom. The van der Waals surface area contributed by atoms with Gasteiger partial charge in [0.15, 0.2) is 18.2 Å². The van der Waals surface area contributed by atoms with Gasteiger partial charge in [-0.15, -0.1) is 0 Å². The number of fused-ring (bicyclic) bond motifs is 1. The van der Waals surface area contributed by atoms with Crippen molar-refractivity contribution in [3.8, 4) is 5.75 Å². The molecule has 0 fully saturated rings. The number of nitrogens with one attached hydrogen (secondary N) is 2. The van der Waals surface area contributed by atoms with Gasteiger partial charge in [-0.05, 0) is 25.0 Å². The Hall–Kier alpha value is -1.92. The molecule has 106 valence electrons. The zero-order chi connectivity index (χ0) is 13.9. The number of aromatic nitrogens is 1. The standard InChI is InChI=1S/C14H17N3O3/c18-11-4-1-9(2-5-11)15-7-10-3-6-12-14(16-10)17-13(19)8-20-12/h1,3-4,6,9,11,15,18H,2,5,7-8H2,(H,16,17,19)/t9-,11+/m0/s1. The van der Waals surface area contributed by atoms with Gasteiger partial charge in [0.1, 0.15) is 0 Å². The summed E-state index contributed by atoms with van der Waals surface area (Å²) in [5.41, 5.74) is 0.842. The van der Waals surface area contributed by atoms with Gasteiger partial charge >= 0.3 is 0 Å². The van der Waals surface area contributed by atoms with E-state index in [1.807, 2.05) is 24.3 Å². The lowest BCUT2D eigenvalue weighted by molar-refractivity contribution is -0.118. The van der Waals surface area contributed by atoms with Crippen LogP contribution in [0.3, 0.4) is 0 Å². The summed E-state index contributed by atoms with van der Waals surface area (Å²) < 4.78 is 5.26. The highest BCUT2D eigenvalue weighted by Crippen LogP contribution is 2.25. The van der Waals surface area contributed by atoms with E-state index in [2.05, 4.69) is 15.6 Å². The van der Waals surface area contributed by atoms with Gasteiger partial charge in [0, 0.05) is 12.6 Å². The van der Waals surface area contributed by atoms with E-state index in [4.69, 9.17) is 4.74 Å². The number of ether oxygens (including phenoxy) is 1. The average Bonchev–Trinajstić information content (AvgIpc) is 2.46. The lowest BCUT2D eigenvalue weighted by Gasteiger charge is -2.21. The summed E-state index contributed by atoms with van der Waals surface area (Å²) >= 11 is 0. The maximum absolute atomic E-state index is 11.2. The van der Waals surface area contributed by atoms with Gasteiger partial charge in [-0.2, -0.15) is 0 Å². The molecule has 2 heterocycles. The zero-order valence-corrected chi connectivity index (χ0v) is 11.0. The number of aliphatic hydroxyl groups excluding tert-OH is 1. The third kappa shape index (κ3) is 2.97. The number of amides is 1. The van der Waals surface area contributed by atoms with Crippen molar-refractivity contribution in [3.63, 3.8) is 0 Å². The van der Waals surface area contributed by atoms with Crippen LogP contribution in [0.1, 0.15) is 18.5 Å². The van der Waals surface area contributed by atoms with E-state index in [0.29, 0.717) is 18.1 Å². The molecule has 3 N–H and O–H groups in total. The second-order valence-electron chi connectivity index (χ2n) is 5.00. The summed E-state index contributed by atoms with van der Waals surface area (Å²) in [6, 6.07) is 3.95. The van der Waals surface area contributed by atoms with Gasteiger partial charge < -0.3 is 20.5 Å². The Balaban J connectivity index is 1.62. The summed E-state index contributed by atoms with van der Waals surface area (Å²) in [5.74, 6) is 0.906. The number of hydrogen-bond donors (Lipinski definition) is 3. The summed E-state index contributed by atoms with van der Waals surface area (Å²) in [4.78, 5) is 15.6. The summed E-state index contributed by atoms with van der Waals surface area (Å²) in [5, 5.41) is 15.4. The van der Waals surface area contributed by atoms with Crippen LogP contribution in [-0.2, 0) is 11.3 Å².